The van der Waals surface area contributed by atoms with E-state index in [0.717, 1.165) is 5.56 Å². The van der Waals surface area contributed by atoms with Crippen molar-refractivity contribution in [1.29, 1.82) is 0 Å². The molecule has 0 unspecified atom stereocenters. The molecule has 3 heterocycles. The van der Waals surface area contributed by atoms with E-state index in [9.17, 15) is 9.59 Å². The number of anilines is 1. The van der Waals surface area contributed by atoms with Crippen molar-refractivity contribution in [3.05, 3.63) is 71.6 Å². The van der Waals surface area contributed by atoms with Gasteiger partial charge in [-0.2, -0.15) is 0 Å². The maximum Gasteiger partial charge on any atom is 0.254 e. The van der Waals surface area contributed by atoms with Crippen molar-refractivity contribution in [1.82, 2.24) is 15.0 Å². The van der Waals surface area contributed by atoms with Gasteiger partial charge in [0, 0.05) is 42.9 Å². The number of nitrogens with one attached hydrogen (secondary N) is 1. The molecule has 1 aromatic carbocycles. The van der Waals surface area contributed by atoms with E-state index in [1.807, 2.05) is 30.3 Å². The number of carbonyl (C=O) groups excluding carboxylic acids is 2. The number of pyridine rings is 1. The Balaban J connectivity index is 1.30. The second-order valence-corrected chi connectivity index (χ2v) is 7.54. The quantitative estimate of drug-likeness (QED) is 0.656. The molecule has 4 rings (SSSR count). The number of aryl methyl sites for hydroxylation is 1. The lowest BCUT2D eigenvalue weighted by atomic mass is 9.95. The van der Waals surface area contributed by atoms with Gasteiger partial charge in [-0.05, 0) is 31.4 Å². The van der Waals surface area contributed by atoms with Gasteiger partial charge in [-0.15, -0.1) is 0 Å². The van der Waals surface area contributed by atoms with Crippen molar-refractivity contribution in [3.63, 3.8) is 0 Å². The highest BCUT2D eigenvalue weighted by molar-refractivity contribution is 5.95. The van der Waals surface area contributed by atoms with Crippen LogP contribution >= 0.6 is 0 Å². The van der Waals surface area contributed by atoms with Crippen LogP contribution in [0.25, 0.3) is 0 Å². The number of rotatable bonds is 6. The highest BCUT2D eigenvalue weighted by atomic mass is 16.5. The van der Waals surface area contributed by atoms with E-state index in [-0.39, 0.29) is 17.7 Å². The predicted octanol–water partition coefficient (Wildman–Crippen LogP) is 3.45. The third kappa shape index (κ3) is 5.28. The lowest BCUT2D eigenvalue weighted by molar-refractivity contribution is -0.121. The van der Waals surface area contributed by atoms with Gasteiger partial charge < -0.3 is 19.5 Å². The van der Waals surface area contributed by atoms with Crippen LogP contribution in [0.3, 0.4) is 0 Å². The van der Waals surface area contributed by atoms with Gasteiger partial charge in [0.05, 0.1) is 0 Å². The van der Waals surface area contributed by atoms with Gasteiger partial charge in [0.25, 0.3) is 5.91 Å². The smallest absolute Gasteiger partial charge is 0.254 e. The Morgan fingerprint density at radius 3 is 2.65 bits per heavy atom. The van der Waals surface area contributed by atoms with Gasteiger partial charge in [-0.25, -0.2) is 4.98 Å². The summed E-state index contributed by atoms with van der Waals surface area (Å²) in [6.45, 7) is 3.18. The fourth-order valence-electron chi connectivity index (χ4n) is 3.53. The summed E-state index contributed by atoms with van der Waals surface area (Å²) >= 11 is 0. The van der Waals surface area contributed by atoms with E-state index in [0.29, 0.717) is 55.6 Å². The molecule has 2 amide bonds. The zero-order valence-corrected chi connectivity index (χ0v) is 17.3. The first kappa shape index (κ1) is 20.6. The zero-order chi connectivity index (χ0) is 21.6. The topological polar surface area (TPSA) is 97.6 Å². The summed E-state index contributed by atoms with van der Waals surface area (Å²) in [4.78, 5) is 31.3. The van der Waals surface area contributed by atoms with Crippen LogP contribution in [0.2, 0.25) is 0 Å². The van der Waals surface area contributed by atoms with Crippen molar-refractivity contribution >= 4 is 17.6 Å². The molecule has 0 radical (unpaired) electrons. The summed E-state index contributed by atoms with van der Waals surface area (Å²) < 4.78 is 10.7. The van der Waals surface area contributed by atoms with E-state index >= 15 is 0 Å². The Kier molecular flexibility index (Phi) is 6.26. The minimum Gasteiger partial charge on any atom is -0.473 e. The second-order valence-electron chi connectivity index (χ2n) is 7.54. The number of benzene rings is 1. The summed E-state index contributed by atoms with van der Waals surface area (Å²) in [6, 6.07) is 14.8. The Hall–Kier alpha value is -3.68. The number of carbonyl (C=O) groups is 2. The number of aromatic nitrogens is 2. The third-order valence-corrected chi connectivity index (χ3v) is 5.24. The molecule has 0 saturated carbocycles. The van der Waals surface area contributed by atoms with Gasteiger partial charge in [-0.3, -0.25) is 9.59 Å². The molecule has 0 atom stereocenters. The molecule has 1 aliphatic heterocycles. The number of likely N-dealkylation sites (tertiary alicyclic amines) is 1. The van der Waals surface area contributed by atoms with Crippen molar-refractivity contribution in [2.24, 2.45) is 5.92 Å². The van der Waals surface area contributed by atoms with Crippen LogP contribution in [0.15, 0.2) is 59.3 Å². The normalized spacial score (nSPS) is 14.3. The minimum absolute atomic E-state index is 0.0852. The zero-order valence-electron chi connectivity index (χ0n) is 17.3. The molecule has 1 fully saturated rings. The molecule has 8 heteroatoms. The molecule has 3 aromatic rings. The van der Waals surface area contributed by atoms with E-state index in [1.54, 1.807) is 36.2 Å². The first-order valence-corrected chi connectivity index (χ1v) is 10.2. The average Bonchev–Trinajstić information content (AvgIpc) is 3.22. The van der Waals surface area contributed by atoms with Crippen LogP contribution in [0.1, 0.15) is 34.5 Å². The summed E-state index contributed by atoms with van der Waals surface area (Å²) in [7, 11) is 0. The summed E-state index contributed by atoms with van der Waals surface area (Å²) in [5, 5.41) is 6.56. The first-order chi connectivity index (χ1) is 15.1. The Bertz CT molecular complexity index is 1040. The fraction of sp³-hybridized carbons (Fsp3) is 0.304. The lowest BCUT2D eigenvalue weighted by Gasteiger charge is -2.31. The van der Waals surface area contributed by atoms with Crippen LogP contribution in [0, 0.1) is 12.8 Å². The lowest BCUT2D eigenvalue weighted by Crippen LogP contribution is -2.41. The van der Waals surface area contributed by atoms with Gasteiger partial charge in [0.2, 0.25) is 11.8 Å². The molecular weight excluding hydrogens is 396 g/mol. The molecule has 31 heavy (non-hydrogen) atoms. The van der Waals surface area contributed by atoms with Crippen LogP contribution in [0.4, 0.5) is 5.82 Å². The maximum absolute atomic E-state index is 12.9. The Labute approximate surface area is 180 Å². The molecule has 160 valence electrons. The molecule has 0 bridgehead atoms. The van der Waals surface area contributed by atoms with E-state index in [4.69, 9.17) is 9.26 Å². The summed E-state index contributed by atoms with van der Waals surface area (Å²) in [5.74, 6) is 1.12. The third-order valence-electron chi connectivity index (χ3n) is 5.24. The Morgan fingerprint density at radius 1 is 1.16 bits per heavy atom. The van der Waals surface area contributed by atoms with Gasteiger partial charge in [0.1, 0.15) is 12.4 Å². The van der Waals surface area contributed by atoms with Crippen LogP contribution < -0.4 is 10.1 Å². The van der Waals surface area contributed by atoms with Crippen LogP contribution in [-0.2, 0) is 11.4 Å². The number of hydrogen-bond acceptors (Lipinski definition) is 6. The molecule has 0 aliphatic carbocycles. The largest absolute Gasteiger partial charge is 0.473 e. The molecular formula is C23H24N4O4. The molecule has 2 aromatic heterocycles. The number of piperidine rings is 1. The van der Waals surface area contributed by atoms with Crippen molar-refractivity contribution in [3.8, 4) is 5.88 Å². The molecule has 8 nitrogen and oxygen atoms in total. The summed E-state index contributed by atoms with van der Waals surface area (Å²) in [6.07, 6.45) is 2.77. The first-order valence-electron chi connectivity index (χ1n) is 10.2. The number of nitrogens with zero attached hydrogens (tertiary/aromatic N) is 3. The SMILES string of the molecule is Cc1cc(NC(=O)C2CCN(C(=O)c3ccnc(OCc4ccccc4)c3)CC2)no1. The number of amides is 2. The number of hydrogen-bond donors (Lipinski definition) is 1. The Morgan fingerprint density at radius 2 is 1.94 bits per heavy atom. The van der Waals surface area contributed by atoms with Crippen LogP contribution in [0.5, 0.6) is 5.88 Å². The number of ether oxygens (including phenoxy) is 1. The minimum atomic E-state index is -0.164. The molecule has 1 N–H and O–H groups in total. The monoisotopic (exact) mass is 420 g/mol. The molecule has 1 saturated heterocycles. The van der Waals surface area contributed by atoms with Crippen LogP contribution in [-0.4, -0.2) is 39.9 Å². The van der Waals surface area contributed by atoms with E-state index in [2.05, 4.69) is 15.5 Å². The predicted molar refractivity (Wildman–Crippen MR) is 114 cm³/mol. The van der Waals surface area contributed by atoms with Gasteiger partial charge >= 0.3 is 0 Å². The van der Waals surface area contributed by atoms with Crippen molar-refractivity contribution in [2.45, 2.75) is 26.4 Å². The molecule has 1 aliphatic rings. The average molecular weight is 420 g/mol. The van der Waals surface area contributed by atoms with Crippen molar-refractivity contribution < 1.29 is 18.8 Å². The summed E-state index contributed by atoms with van der Waals surface area (Å²) in [5.41, 5.74) is 1.56. The van der Waals surface area contributed by atoms with Crippen molar-refractivity contribution in [2.75, 3.05) is 18.4 Å². The molecule has 0 spiro atoms. The second kappa shape index (κ2) is 9.42. The maximum atomic E-state index is 12.9. The highest BCUT2D eigenvalue weighted by Gasteiger charge is 2.28. The van der Waals surface area contributed by atoms with E-state index in [1.165, 1.54) is 0 Å². The standard InChI is InChI=1S/C23H24N4O4/c1-16-13-20(26-31-16)25-22(28)18-8-11-27(12-9-18)23(29)19-7-10-24-21(14-19)30-15-17-5-3-2-4-6-17/h2-7,10,13-14,18H,8-9,11-12,15H2,1H3,(H,25,26,28). The van der Waals surface area contributed by atoms with Gasteiger partial charge in [0.15, 0.2) is 5.82 Å². The highest BCUT2D eigenvalue weighted by Crippen LogP contribution is 2.22. The van der Waals surface area contributed by atoms with E-state index < -0.39 is 0 Å². The van der Waals surface area contributed by atoms with Gasteiger partial charge in [-0.1, -0.05) is 35.5 Å². The fourth-order valence-corrected chi connectivity index (χ4v) is 3.53.